The lowest BCUT2D eigenvalue weighted by Crippen LogP contribution is -2.25. The lowest BCUT2D eigenvalue weighted by molar-refractivity contribution is -0.118. The van der Waals surface area contributed by atoms with E-state index in [4.69, 9.17) is 4.74 Å². The van der Waals surface area contributed by atoms with Crippen molar-refractivity contribution in [2.45, 2.75) is 13.8 Å². The summed E-state index contributed by atoms with van der Waals surface area (Å²) in [6.45, 7) is 4.15. The fourth-order valence-electron chi connectivity index (χ4n) is 1.34. The fourth-order valence-corrected chi connectivity index (χ4v) is 1.34. The molecule has 0 atom stereocenters. The molecular formula is C10H11NO2. The highest BCUT2D eigenvalue weighted by atomic mass is 16.5. The zero-order chi connectivity index (χ0) is 9.42. The summed E-state index contributed by atoms with van der Waals surface area (Å²) in [6, 6.07) is 3.88. The van der Waals surface area contributed by atoms with E-state index in [0.29, 0.717) is 0 Å². The molecule has 0 aliphatic carbocycles. The predicted molar refractivity (Wildman–Crippen MR) is 50.0 cm³/mol. The van der Waals surface area contributed by atoms with Gasteiger partial charge >= 0.3 is 0 Å². The molecule has 1 heterocycles. The molecule has 0 saturated carbocycles. The summed E-state index contributed by atoms with van der Waals surface area (Å²) in [5.74, 6) is 0.679. The number of anilines is 1. The first-order valence-electron chi connectivity index (χ1n) is 4.21. The topological polar surface area (TPSA) is 38.3 Å². The maximum atomic E-state index is 11.0. The summed E-state index contributed by atoms with van der Waals surface area (Å²) in [7, 11) is 0. The highest BCUT2D eigenvalue weighted by Gasteiger charge is 2.16. The van der Waals surface area contributed by atoms with Gasteiger partial charge in [0.25, 0.3) is 5.91 Å². The van der Waals surface area contributed by atoms with Gasteiger partial charge in [0.2, 0.25) is 0 Å². The molecule has 68 valence electrons. The number of benzene rings is 1. The van der Waals surface area contributed by atoms with E-state index in [-0.39, 0.29) is 12.5 Å². The summed E-state index contributed by atoms with van der Waals surface area (Å²) in [5, 5.41) is 2.76. The molecule has 3 nitrogen and oxygen atoms in total. The maximum Gasteiger partial charge on any atom is 0.262 e. The smallest absolute Gasteiger partial charge is 0.262 e. The van der Waals surface area contributed by atoms with Crippen LogP contribution in [0.25, 0.3) is 0 Å². The van der Waals surface area contributed by atoms with Crippen molar-refractivity contribution in [1.29, 1.82) is 0 Å². The van der Waals surface area contributed by atoms with Crippen molar-refractivity contribution in [1.82, 2.24) is 0 Å². The van der Waals surface area contributed by atoms with Gasteiger partial charge in [-0.25, -0.2) is 0 Å². The Morgan fingerprint density at radius 2 is 2.00 bits per heavy atom. The van der Waals surface area contributed by atoms with Crippen LogP contribution < -0.4 is 10.1 Å². The third kappa shape index (κ3) is 1.37. The minimum Gasteiger partial charge on any atom is -0.482 e. The molecule has 13 heavy (non-hydrogen) atoms. The van der Waals surface area contributed by atoms with Gasteiger partial charge in [-0.1, -0.05) is 0 Å². The van der Waals surface area contributed by atoms with Crippen LogP contribution in [0.5, 0.6) is 5.75 Å². The Labute approximate surface area is 76.7 Å². The number of hydrogen-bond donors (Lipinski definition) is 1. The molecule has 1 aromatic rings. The van der Waals surface area contributed by atoms with Crippen LogP contribution in [0.3, 0.4) is 0 Å². The van der Waals surface area contributed by atoms with Crippen molar-refractivity contribution in [3.05, 3.63) is 23.3 Å². The first kappa shape index (κ1) is 8.10. The van der Waals surface area contributed by atoms with E-state index in [0.717, 1.165) is 17.0 Å². The van der Waals surface area contributed by atoms with Crippen molar-refractivity contribution in [3.8, 4) is 5.75 Å². The van der Waals surface area contributed by atoms with Gasteiger partial charge in [-0.15, -0.1) is 0 Å². The summed E-state index contributed by atoms with van der Waals surface area (Å²) >= 11 is 0. The molecule has 0 fully saturated rings. The van der Waals surface area contributed by atoms with Crippen LogP contribution in [-0.2, 0) is 4.79 Å². The summed E-state index contributed by atoms with van der Waals surface area (Å²) in [6.07, 6.45) is 0. The van der Waals surface area contributed by atoms with Crippen molar-refractivity contribution >= 4 is 11.6 Å². The van der Waals surface area contributed by atoms with E-state index < -0.39 is 0 Å². The Balaban J connectivity index is 2.49. The first-order valence-corrected chi connectivity index (χ1v) is 4.21. The Kier molecular flexibility index (Phi) is 1.72. The number of aryl methyl sites for hydroxylation is 2. The third-order valence-corrected chi connectivity index (χ3v) is 2.23. The van der Waals surface area contributed by atoms with Crippen LogP contribution in [0.2, 0.25) is 0 Å². The van der Waals surface area contributed by atoms with Crippen LogP contribution >= 0.6 is 0 Å². The summed E-state index contributed by atoms with van der Waals surface area (Å²) in [4.78, 5) is 11.0. The van der Waals surface area contributed by atoms with Crippen molar-refractivity contribution in [2.24, 2.45) is 0 Å². The minimum absolute atomic E-state index is 0.0873. The molecule has 0 bridgehead atoms. The maximum absolute atomic E-state index is 11.0. The number of rotatable bonds is 0. The lowest BCUT2D eigenvalue weighted by atomic mass is 10.1. The Morgan fingerprint density at radius 1 is 1.31 bits per heavy atom. The van der Waals surface area contributed by atoms with Gasteiger partial charge in [-0.2, -0.15) is 0 Å². The van der Waals surface area contributed by atoms with Crippen LogP contribution in [-0.4, -0.2) is 12.5 Å². The molecule has 2 rings (SSSR count). The average Bonchev–Trinajstić information content (AvgIpc) is 2.08. The van der Waals surface area contributed by atoms with Gasteiger partial charge in [-0.05, 0) is 37.1 Å². The van der Waals surface area contributed by atoms with E-state index in [9.17, 15) is 4.79 Å². The van der Waals surface area contributed by atoms with Gasteiger partial charge in [0.05, 0.1) is 5.69 Å². The molecule has 1 N–H and O–H groups in total. The second kappa shape index (κ2) is 2.76. The lowest BCUT2D eigenvalue weighted by Gasteiger charge is -2.19. The molecule has 1 aromatic carbocycles. The molecular weight excluding hydrogens is 166 g/mol. The molecule has 0 radical (unpaired) electrons. The quantitative estimate of drug-likeness (QED) is 0.654. The SMILES string of the molecule is Cc1cc2c(cc1C)OCC(=O)N2. The molecule has 0 unspecified atom stereocenters. The Bertz CT molecular complexity index is 371. The van der Waals surface area contributed by atoms with Gasteiger partial charge in [0.15, 0.2) is 6.61 Å². The van der Waals surface area contributed by atoms with Gasteiger partial charge in [-0.3, -0.25) is 4.79 Å². The number of nitrogens with one attached hydrogen (secondary N) is 1. The highest BCUT2D eigenvalue weighted by molar-refractivity contribution is 5.95. The molecule has 1 aliphatic rings. The minimum atomic E-state index is -0.0873. The second-order valence-electron chi connectivity index (χ2n) is 3.27. The fraction of sp³-hybridized carbons (Fsp3) is 0.300. The van der Waals surface area contributed by atoms with Crippen molar-refractivity contribution in [3.63, 3.8) is 0 Å². The van der Waals surface area contributed by atoms with Crippen LogP contribution in [0, 0.1) is 13.8 Å². The number of carbonyl (C=O) groups excluding carboxylic acids is 1. The van der Waals surface area contributed by atoms with Crippen LogP contribution in [0.15, 0.2) is 12.1 Å². The molecule has 0 saturated heterocycles. The van der Waals surface area contributed by atoms with E-state index in [1.807, 2.05) is 26.0 Å². The van der Waals surface area contributed by atoms with E-state index in [1.54, 1.807) is 0 Å². The number of amides is 1. The second-order valence-corrected chi connectivity index (χ2v) is 3.27. The summed E-state index contributed by atoms with van der Waals surface area (Å²) in [5.41, 5.74) is 3.11. The monoisotopic (exact) mass is 177 g/mol. The average molecular weight is 177 g/mol. The third-order valence-electron chi connectivity index (χ3n) is 2.23. The van der Waals surface area contributed by atoms with Gasteiger partial charge in [0, 0.05) is 0 Å². The van der Waals surface area contributed by atoms with E-state index in [2.05, 4.69) is 5.32 Å². The largest absolute Gasteiger partial charge is 0.482 e. The molecule has 3 heteroatoms. The van der Waals surface area contributed by atoms with Crippen LogP contribution in [0.4, 0.5) is 5.69 Å². The molecule has 1 amide bonds. The van der Waals surface area contributed by atoms with E-state index in [1.165, 1.54) is 5.56 Å². The first-order chi connectivity index (χ1) is 6.16. The van der Waals surface area contributed by atoms with Crippen LogP contribution in [0.1, 0.15) is 11.1 Å². The zero-order valence-electron chi connectivity index (χ0n) is 7.68. The summed E-state index contributed by atoms with van der Waals surface area (Å²) < 4.78 is 5.26. The standard InChI is InChI=1S/C10H11NO2/c1-6-3-8-9(4-7(6)2)13-5-10(12)11-8/h3-4H,5H2,1-2H3,(H,11,12). The van der Waals surface area contributed by atoms with Crippen molar-refractivity contribution < 1.29 is 9.53 Å². The predicted octanol–water partition coefficient (Wildman–Crippen LogP) is 1.63. The Morgan fingerprint density at radius 3 is 2.77 bits per heavy atom. The van der Waals surface area contributed by atoms with Gasteiger partial charge in [0.1, 0.15) is 5.75 Å². The molecule has 0 aromatic heterocycles. The molecule has 1 aliphatic heterocycles. The Hall–Kier alpha value is -1.51. The molecule has 0 spiro atoms. The van der Waals surface area contributed by atoms with Gasteiger partial charge < -0.3 is 10.1 Å². The number of carbonyl (C=O) groups is 1. The van der Waals surface area contributed by atoms with E-state index >= 15 is 0 Å². The normalized spacial score (nSPS) is 14.5. The number of fused-ring (bicyclic) bond motifs is 1. The van der Waals surface area contributed by atoms with Crippen molar-refractivity contribution in [2.75, 3.05) is 11.9 Å². The number of ether oxygens (including phenoxy) is 1. The zero-order valence-corrected chi connectivity index (χ0v) is 7.68. The highest BCUT2D eigenvalue weighted by Crippen LogP contribution is 2.30. The number of hydrogen-bond acceptors (Lipinski definition) is 2.